The number of rotatable bonds is 8. The van der Waals surface area contributed by atoms with Gasteiger partial charge in [0.25, 0.3) is 0 Å². The number of hydrogen-bond acceptors (Lipinski definition) is 1. The van der Waals surface area contributed by atoms with Crippen LogP contribution in [0.2, 0.25) is 0 Å². The van der Waals surface area contributed by atoms with Crippen molar-refractivity contribution in [3.63, 3.8) is 0 Å². The monoisotopic (exact) mass is 643 g/mol. The molecule has 1 aliphatic rings. The summed E-state index contributed by atoms with van der Waals surface area (Å²) in [5.41, 5.74) is 9.15. The summed E-state index contributed by atoms with van der Waals surface area (Å²) in [6, 6.07) is 47.9. The fraction of sp³-hybridized carbons (Fsp3) is 0.174. The molecular weight excluding hydrogens is 602 g/mol. The lowest BCUT2D eigenvalue weighted by atomic mass is 9.69. The molecule has 0 saturated heterocycles. The summed E-state index contributed by atoms with van der Waals surface area (Å²) in [6.45, 7) is 11.7. The average molecular weight is 644 g/mol. The zero-order valence-corrected chi connectivity index (χ0v) is 29.1. The molecule has 0 N–H and O–H groups in total. The van der Waals surface area contributed by atoms with E-state index in [4.69, 9.17) is 18.2 Å². The van der Waals surface area contributed by atoms with Crippen LogP contribution >= 0.6 is 11.6 Å². The standard InChI is InChI=1S/C46H42ClN/c1-32-24-25-36-20-12-14-22-39(36)43(32)45(3,30-34-16-8-6-9-17-34)33(2)28-38(47)29-42-46(4,31-35-18-10-7-11-19-35)44-40-23-15-13-21-37(40)26-27-41(44)48(42)5/h6-29H,2,30-31H2,1,3-5H3/b38-28-,42-29+. The maximum absolute atomic E-state index is 7.36. The summed E-state index contributed by atoms with van der Waals surface area (Å²) in [7, 11) is 2.17. The zero-order valence-electron chi connectivity index (χ0n) is 28.3. The number of nitrogens with zero attached hydrogens (tertiary/aromatic N) is 1. The van der Waals surface area contributed by atoms with E-state index in [0.717, 1.165) is 18.4 Å². The molecule has 1 aliphatic heterocycles. The summed E-state index contributed by atoms with van der Waals surface area (Å²) >= 11 is 7.36. The molecule has 0 aromatic heterocycles. The Morgan fingerprint density at radius 2 is 1.31 bits per heavy atom. The van der Waals surface area contributed by atoms with Crippen molar-refractivity contribution in [3.8, 4) is 0 Å². The molecule has 48 heavy (non-hydrogen) atoms. The van der Waals surface area contributed by atoms with Gasteiger partial charge in [0.2, 0.25) is 0 Å². The Labute approximate surface area is 290 Å². The van der Waals surface area contributed by atoms with Crippen LogP contribution in [0.4, 0.5) is 5.69 Å². The quantitative estimate of drug-likeness (QED) is 0.149. The molecule has 0 fully saturated rings. The first-order chi connectivity index (χ1) is 23.2. The molecule has 6 aromatic carbocycles. The summed E-state index contributed by atoms with van der Waals surface area (Å²) in [5.74, 6) is 0. The van der Waals surface area contributed by atoms with Crippen LogP contribution in [0.25, 0.3) is 21.5 Å². The number of allylic oxidation sites excluding steroid dienone is 5. The number of likely N-dealkylation sites (N-methyl/N-ethyl adjacent to an activating group) is 1. The zero-order chi connectivity index (χ0) is 33.5. The van der Waals surface area contributed by atoms with Crippen molar-refractivity contribution in [1.29, 1.82) is 0 Å². The molecule has 238 valence electrons. The van der Waals surface area contributed by atoms with E-state index in [-0.39, 0.29) is 5.41 Å². The lowest BCUT2D eigenvalue weighted by Gasteiger charge is -2.34. The van der Waals surface area contributed by atoms with Crippen LogP contribution in [0, 0.1) is 6.92 Å². The summed E-state index contributed by atoms with van der Waals surface area (Å²) in [4.78, 5) is 2.34. The number of benzene rings is 6. The predicted octanol–water partition coefficient (Wildman–Crippen LogP) is 12.0. The third kappa shape index (κ3) is 5.57. The SMILES string of the molecule is C=C(/C=C(Cl)/C=C1/N(C)c2ccc3ccccc3c2C1(C)Cc1ccccc1)C(C)(Cc1ccccc1)c1c(C)ccc2ccccc12. The Hall–Kier alpha value is -4.85. The Bertz CT molecular complexity index is 2210. The third-order valence-electron chi connectivity index (χ3n) is 10.5. The molecule has 0 saturated carbocycles. The summed E-state index contributed by atoms with van der Waals surface area (Å²) in [5, 5.41) is 5.71. The highest BCUT2D eigenvalue weighted by atomic mass is 35.5. The van der Waals surface area contributed by atoms with Gasteiger partial charge >= 0.3 is 0 Å². The largest absolute Gasteiger partial charge is 0.347 e. The molecule has 1 heterocycles. The van der Waals surface area contributed by atoms with E-state index in [2.05, 4.69) is 178 Å². The molecule has 2 atom stereocenters. The van der Waals surface area contributed by atoms with Crippen molar-refractivity contribution in [3.05, 3.63) is 196 Å². The van der Waals surface area contributed by atoms with Crippen LogP contribution in [-0.4, -0.2) is 7.05 Å². The second-order valence-corrected chi connectivity index (χ2v) is 14.2. The second-order valence-electron chi connectivity index (χ2n) is 13.8. The van der Waals surface area contributed by atoms with Crippen molar-refractivity contribution in [2.24, 2.45) is 0 Å². The maximum Gasteiger partial charge on any atom is 0.0454 e. The van der Waals surface area contributed by atoms with Gasteiger partial charge in [0.05, 0.1) is 0 Å². The smallest absolute Gasteiger partial charge is 0.0454 e. The fourth-order valence-electron chi connectivity index (χ4n) is 8.16. The molecule has 0 spiro atoms. The minimum Gasteiger partial charge on any atom is -0.347 e. The van der Waals surface area contributed by atoms with Crippen LogP contribution in [0.15, 0.2) is 168 Å². The van der Waals surface area contributed by atoms with Gasteiger partial charge in [0.1, 0.15) is 0 Å². The molecule has 0 aliphatic carbocycles. The highest BCUT2D eigenvalue weighted by molar-refractivity contribution is 6.31. The van der Waals surface area contributed by atoms with Crippen LogP contribution < -0.4 is 4.90 Å². The van der Waals surface area contributed by atoms with E-state index in [0.29, 0.717) is 5.03 Å². The van der Waals surface area contributed by atoms with Crippen molar-refractivity contribution < 1.29 is 0 Å². The molecule has 7 rings (SSSR count). The Balaban J connectivity index is 1.36. The Morgan fingerprint density at radius 3 is 2.00 bits per heavy atom. The number of hydrogen-bond donors (Lipinski definition) is 0. The summed E-state index contributed by atoms with van der Waals surface area (Å²) in [6.07, 6.45) is 5.96. The minimum absolute atomic E-state index is 0.304. The molecular formula is C46H42ClN. The van der Waals surface area contributed by atoms with E-state index < -0.39 is 5.41 Å². The van der Waals surface area contributed by atoms with E-state index in [1.807, 2.05) is 0 Å². The summed E-state index contributed by atoms with van der Waals surface area (Å²) < 4.78 is 0. The highest BCUT2D eigenvalue weighted by Gasteiger charge is 2.43. The van der Waals surface area contributed by atoms with Crippen molar-refractivity contribution in [2.45, 2.75) is 44.4 Å². The van der Waals surface area contributed by atoms with Crippen LogP contribution in [0.1, 0.15) is 41.7 Å². The Kier molecular flexibility index (Phi) is 8.36. The first-order valence-corrected chi connectivity index (χ1v) is 17.2. The lowest BCUT2D eigenvalue weighted by molar-refractivity contribution is 0.568. The molecule has 2 unspecified atom stereocenters. The molecule has 1 nitrogen and oxygen atoms in total. The van der Waals surface area contributed by atoms with Gasteiger partial charge in [-0.05, 0) is 99.8 Å². The molecule has 0 radical (unpaired) electrons. The van der Waals surface area contributed by atoms with Gasteiger partial charge in [-0.25, -0.2) is 0 Å². The van der Waals surface area contributed by atoms with Crippen molar-refractivity contribution >= 4 is 38.8 Å². The second kappa shape index (κ2) is 12.6. The number of fused-ring (bicyclic) bond motifs is 4. The molecule has 2 heteroatoms. The van der Waals surface area contributed by atoms with Crippen molar-refractivity contribution in [1.82, 2.24) is 0 Å². The van der Waals surface area contributed by atoms with Gasteiger partial charge in [-0.3, -0.25) is 0 Å². The Morgan fingerprint density at radius 1 is 0.750 bits per heavy atom. The number of anilines is 1. The van der Waals surface area contributed by atoms with Crippen LogP contribution in [0.3, 0.4) is 0 Å². The first kappa shape index (κ1) is 31.7. The molecule has 6 aromatic rings. The van der Waals surface area contributed by atoms with Gasteiger partial charge in [-0.15, -0.1) is 0 Å². The normalized spacial score (nSPS) is 18.3. The van der Waals surface area contributed by atoms with Crippen molar-refractivity contribution in [2.75, 3.05) is 11.9 Å². The first-order valence-electron chi connectivity index (χ1n) is 16.8. The molecule has 0 bridgehead atoms. The number of aryl methyl sites for hydroxylation is 1. The predicted molar refractivity (Wildman–Crippen MR) is 207 cm³/mol. The van der Waals surface area contributed by atoms with E-state index in [9.17, 15) is 0 Å². The minimum atomic E-state index is -0.404. The number of halogens is 1. The van der Waals surface area contributed by atoms with E-state index >= 15 is 0 Å². The van der Waals surface area contributed by atoms with Gasteiger partial charge in [-0.1, -0.05) is 152 Å². The van der Waals surface area contributed by atoms with Gasteiger partial charge in [-0.2, -0.15) is 0 Å². The third-order valence-corrected chi connectivity index (χ3v) is 10.8. The van der Waals surface area contributed by atoms with E-state index in [1.165, 1.54) is 60.7 Å². The average Bonchev–Trinajstić information content (AvgIpc) is 3.30. The highest BCUT2D eigenvalue weighted by Crippen LogP contribution is 2.52. The fourth-order valence-corrected chi connectivity index (χ4v) is 8.40. The van der Waals surface area contributed by atoms with Crippen LogP contribution in [0.5, 0.6) is 0 Å². The maximum atomic E-state index is 7.36. The van der Waals surface area contributed by atoms with Crippen LogP contribution in [-0.2, 0) is 23.7 Å². The van der Waals surface area contributed by atoms with Gasteiger partial charge < -0.3 is 4.90 Å². The lowest BCUT2D eigenvalue weighted by Crippen LogP contribution is -2.29. The molecule has 0 amide bonds. The van der Waals surface area contributed by atoms with Gasteiger partial charge in [0, 0.05) is 34.3 Å². The van der Waals surface area contributed by atoms with Gasteiger partial charge in [0.15, 0.2) is 0 Å². The van der Waals surface area contributed by atoms with E-state index in [1.54, 1.807) is 0 Å². The topological polar surface area (TPSA) is 3.24 Å².